The van der Waals surface area contributed by atoms with E-state index in [2.05, 4.69) is 93.5 Å². The van der Waals surface area contributed by atoms with E-state index in [0.29, 0.717) is 6.61 Å². The van der Waals surface area contributed by atoms with E-state index in [1.807, 2.05) is 0 Å². The van der Waals surface area contributed by atoms with Gasteiger partial charge in [-0.05, 0) is 102 Å². The van der Waals surface area contributed by atoms with Gasteiger partial charge in [0.05, 0.1) is 17.4 Å². The average molecular weight is 397 g/mol. The van der Waals surface area contributed by atoms with Crippen LogP contribution in [-0.2, 0) is 9.16 Å². The van der Waals surface area contributed by atoms with Crippen molar-refractivity contribution in [1.29, 1.82) is 0 Å². The normalized spacial score (nSPS) is 20.2. The predicted octanol–water partition coefficient (Wildman–Crippen LogP) is 4.74. The summed E-state index contributed by atoms with van der Waals surface area (Å²) in [5, 5.41) is 2.37. The third kappa shape index (κ3) is 3.28. The molecule has 1 saturated heterocycles. The maximum atomic E-state index is 7.09. The van der Waals surface area contributed by atoms with Gasteiger partial charge in [0.15, 0.2) is 0 Å². The summed E-state index contributed by atoms with van der Waals surface area (Å²) in [5.41, 5.74) is 7.59. The molecule has 0 bridgehead atoms. The number of hydrogen-bond acceptors (Lipinski definition) is 2. The molecule has 0 atom stereocenters. The van der Waals surface area contributed by atoms with Crippen molar-refractivity contribution in [2.75, 3.05) is 6.61 Å². The van der Waals surface area contributed by atoms with Crippen molar-refractivity contribution < 1.29 is 9.16 Å². The number of ether oxygens (including phenoxy) is 1. The summed E-state index contributed by atoms with van der Waals surface area (Å²) in [7, 11) is -2.70. The first-order valence-corrected chi connectivity index (χ1v) is 12.2. The molecule has 2 aromatic carbocycles. The molecule has 0 radical (unpaired) electrons. The average Bonchev–Trinajstić information content (AvgIpc) is 2.47. The van der Waals surface area contributed by atoms with Crippen LogP contribution in [-0.4, -0.2) is 25.7 Å². The largest absolute Gasteiger partial charge is 0.403 e. The lowest BCUT2D eigenvalue weighted by Crippen LogP contribution is -2.80. The molecule has 0 aliphatic carbocycles. The van der Waals surface area contributed by atoms with Gasteiger partial charge < -0.3 is 9.16 Å². The van der Waals surface area contributed by atoms with E-state index in [0.717, 1.165) is 0 Å². The first kappa shape index (κ1) is 21.3. The van der Waals surface area contributed by atoms with Gasteiger partial charge in [0.25, 0.3) is 8.32 Å². The minimum absolute atomic E-state index is 0.293. The molecule has 0 saturated carbocycles. The second-order valence-electron chi connectivity index (χ2n) is 9.89. The van der Waals surface area contributed by atoms with Gasteiger partial charge in [-0.15, -0.1) is 0 Å². The van der Waals surface area contributed by atoms with Crippen LogP contribution in [0.2, 0.25) is 0 Å². The zero-order valence-corrected chi connectivity index (χ0v) is 20.3. The van der Waals surface area contributed by atoms with E-state index < -0.39 is 13.5 Å². The highest BCUT2D eigenvalue weighted by Crippen LogP contribution is 2.38. The fourth-order valence-electron chi connectivity index (χ4n) is 5.59. The molecule has 0 spiro atoms. The molecule has 3 rings (SSSR count). The fourth-order valence-corrected chi connectivity index (χ4v) is 11.2. The van der Waals surface area contributed by atoms with Crippen molar-refractivity contribution in [3.8, 4) is 0 Å². The molecular formula is C25H36O2Si. The van der Waals surface area contributed by atoms with Crippen molar-refractivity contribution in [2.45, 2.75) is 80.1 Å². The second kappa shape index (κ2) is 6.83. The summed E-state index contributed by atoms with van der Waals surface area (Å²) < 4.78 is 13.9. The zero-order chi connectivity index (χ0) is 21.1. The van der Waals surface area contributed by atoms with Gasteiger partial charge in [-0.2, -0.15) is 0 Å². The minimum atomic E-state index is -2.70. The van der Waals surface area contributed by atoms with Crippen molar-refractivity contribution in [3.63, 3.8) is 0 Å². The van der Waals surface area contributed by atoms with Crippen molar-refractivity contribution >= 4 is 18.7 Å². The topological polar surface area (TPSA) is 18.5 Å². The molecule has 2 nitrogen and oxygen atoms in total. The predicted molar refractivity (Wildman–Crippen MR) is 122 cm³/mol. The number of benzene rings is 2. The van der Waals surface area contributed by atoms with E-state index in [1.54, 1.807) is 0 Å². The second-order valence-corrected chi connectivity index (χ2v) is 13.7. The molecule has 1 aliphatic heterocycles. The monoisotopic (exact) mass is 396 g/mol. The Morgan fingerprint density at radius 3 is 1.36 bits per heavy atom. The van der Waals surface area contributed by atoms with Crippen LogP contribution in [0.3, 0.4) is 0 Å². The first-order chi connectivity index (χ1) is 12.8. The van der Waals surface area contributed by atoms with Gasteiger partial charge >= 0.3 is 0 Å². The van der Waals surface area contributed by atoms with Gasteiger partial charge in [-0.1, -0.05) is 35.4 Å². The summed E-state index contributed by atoms with van der Waals surface area (Å²) in [5.74, 6) is 0. The van der Waals surface area contributed by atoms with Crippen LogP contribution in [0.5, 0.6) is 0 Å². The van der Waals surface area contributed by atoms with Gasteiger partial charge in [0.2, 0.25) is 0 Å². The molecule has 0 amide bonds. The Morgan fingerprint density at radius 2 is 1.04 bits per heavy atom. The standard InChI is InChI=1S/C25H36O2Si/c1-16-11-18(3)22(19(4)12-16)28(23-20(5)13-17(2)14-21(23)6)25(9,10)27-24(7,8)15-26-28/h11-14H,15H2,1-10H3. The molecule has 0 unspecified atom stereocenters. The van der Waals surface area contributed by atoms with Crippen LogP contribution in [0, 0.1) is 41.5 Å². The highest BCUT2D eigenvalue weighted by Gasteiger charge is 2.61. The Labute approximate surface area is 172 Å². The lowest BCUT2D eigenvalue weighted by molar-refractivity contribution is -0.139. The highest BCUT2D eigenvalue weighted by atomic mass is 28.4. The van der Waals surface area contributed by atoms with Crippen LogP contribution < -0.4 is 10.4 Å². The van der Waals surface area contributed by atoms with Crippen LogP contribution in [0.15, 0.2) is 24.3 Å². The molecule has 3 heteroatoms. The summed E-state index contributed by atoms with van der Waals surface area (Å²) in [6.45, 7) is 22.7. The lowest BCUT2D eigenvalue weighted by Gasteiger charge is -2.54. The third-order valence-electron chi connectivity index (χ3n) is 6.07. The molecule has 1 heterocycles. The van der Waals surface area contributed by atoms with Crippen LogP contribution >= 0.6 is 0 Å². The Bertz CT molecular complexity index is 821. The third-order valence-corrected chi connectivity index (χ3v) is 11.4. The molecule has 28 heavy (non-hydrogen) atoms. The van der Waals surface area contributed by atoms with Gasteiger partial charge in [0.1, 0.15) is 0 Å². The van der Waals surface area contributed by atoms with E-state index in [9.17, 15) is 0 Å². The lowest BCUT2D eigenvalue weighted by atomic mass is 10.1. The molecule has 0 aromatic heterocycles. The summed E-state index contributed by atoms with van der Waals surface area (Å²) in [4.78, 5) is 0. The zero-order valence-electron chi connectivity index (χ0n) is 19.3. The quantitative estimate of drug-likeness (QED) is 0.683. The Hall–Kier alpha value is -1.42. The summed E-state index contributed by atoms with van der Waals surface area (Å²) in [6, 6.07) is 9.20. The summed E-state index contributed by atoms with van der Waals surface area (Å²) >= 11 is 0. The molecular weight excluding hydrogens is 360 g/mol. The smallest absolute Gasteiger partial charge is 0.288 e. The Balaban J connectivity index is 2.45. The Kier molecular flexibility index (Phi) is 5.19. The van der Waals surface area contributed by atoms with Gasteiger partial charge in [-0.25, -0.2) is 0 Å². The van der Waals surface area contributed by atoms with Crippen molar-refractivity contribution in [3.05, 3.63) is 57.6 Å². The van der Waals surface area contributed by atoms with Crippen molar-refractivity contribution in [2.24, 2.45) is 0 Å². The Morgan fingerprint density at radius 1 is 0.679 bits per heavy atom. The maximum absolute atomic E-state index is 7.09. The first-order valence-electron chi connectivity index (χ1n) is 10.3. The molecule has 1 fully saturated rings. The maximum Gasteiger partial charge on any atom is 0.288 e. The number of aryl methyl sites for hydroxylation is 6. The highest BCUT2D eigenvalue weighted by molar-refractivity contribution is 7.00. The van der Waals surface area contributed by atoms with Crippen LogP contribution in [0.4, 0.5) is 0 Å². The van der Waals surface area contributed by atoms with Crippen LogP contribution in [0.25, 0.3) is 0 Å². The van der Waals surface area contributed by atoms with E-state index in [1.165, 1.54) is 43.8 Å². The van der Waals surface area contributed by atoms with E-state index in [-0.39, 0.29) is 5.60 Å². The van der Waals surface area contributed by atoms with Gasteiger partial charge in [-0.3, -0.25) is 0 Å². The SMILES string of the molecule is Cc1cc(C)c([Si]2(c3c(C)cc(C)cc3C)OCC(C)(C)OC2(C)C)c(C)c1. The van der Waals surface area contributed by atoms with E-state index >= 15 is 0 Å². The number of rotatable bonds is 2. The molecule has 2 aromatic rings. The molecule has 1 aliphatic rings. The minimum Gasteiger partial charge on any atom is -0.403 e. The molecule has 152 valence electrons. The van der Waals surface area contributed by atoms with Gasteiger partial charge in [0, 0.05) is 0 Å². The van der Waals surface area contributed by atoms with Crippen molar-refractivity contribution in [1.82, 2.24) is 0 Å². The van der Waals surface area contributed by atoms with E-state index in [4.69, 9.17) is 9.16 Å². The summed E-state index contributed by atoms with van der Waals surface area (Å²) in [6.07, 6.45) is 0. The number of hydrogen-bond donors (Lipinski definition) is 0. The van der Waals surface area contributed by atoms with Crippen LogP contribution in [0.1, 0.15) is 61.1 Å². The molecule has 0 N–H and O–H groups in total. The fraction of sp³-hybridized carbons (Fsp3) is 0.520.